The average Bonchev–Trinajstić information content (AvgIpc) is 2.30. The molecule has 0 aliphatic heterocycles. The van der Waals surface area contributed by atoms with Gasteiger partial charge in [-0.05, 0) is 37.5 Å². The van der Waals surface area contributed by atoms with Crippen molar-refractivity contribution in [1.29, 1.82) is 0 Å². The maximum Gasteiger partial charge on any atom is 0.223 e. The summed E-state index contributed by atoms with van der Waals surface area (Å²) in [6.45, 7) is 8.31. The lowest BCUT2D eigenvalue weighted by molar-refractivity contribution is -0.127. The standard InChI is InChI=1S/C14H26N2OS/c1-9(2)11(4)12(17)16-14(13(15)18)7-5-10(3)6-8-14/h9-11H,5-8H2,1-4H3,(H2,15,18)(H,16,17). The molecule has 104 valence electrons. The Kier molecular flexibility index (Phi) is 5.14. The highest BCUT2D eigenvalue weighted by atomic mass is 32.1. The fourth-order valence-electron chi connectivity index (χ4n) is 2.34. The second-order valence-electron chi connectivity index (χ2n) is 6.15. The van der Waals surface area contributed by atoms with Crippen molar-refractivity contribution in [2.45, 2.75) is 58.9 Å². The summed E-state index contributed by atoms with van der Waals surface area (Å²) in [4.78, 5) is 12.7. The summed E-state index contributed by atoms with van der Waals surface area (Å²) in [5.41, 5.74) is 5.45. The minimum absolute atomic E-state index is 0.00410. The molecule has 1 saturated carbocycles. The van der Waals surface area contributed by atoms with E-state index in [0.29, 0.717) is 16.8 Å². The molecular weight excluding hydrogens is 244 g/mol. The summed E-state index contributed by atoms with van der Waals surface area (Å²) in [5, 5.41) is 3.13. The zero-order chi connectivity index (χ0) is 13.9. The number of rotatable bonds is 4. The molecule has 3 N–H and O–H groups in total. The number of carbonyl (C=O) groups is 1. The van der Waals surface area contributed by atoms with Gasteiger partial charge in [-0.3, -0.25) is 4.79 Å². The van der Waals surface area contributed by atoms with E-state index in [4.69, 9.17) is 18.0 Å². The normalized spacial score (nSPS) is 29.9. The first-order chi connectivity index (χ1) is 8.28. The van der Waals surface area contributed by atoms with E-state index < -0.39 is 5.54 Å². The molecule has 1 aliphatic carbocycles. The fourth-order valence-corrected chi connectivity index (χ4v) is 2.60. The van der Waals surface area contributed by atoms with Crippen molar-refractivity contribution in [1.82, 2.24) is 5.32 Å². The van der Waals surface area contributed by atoms with Crippen LogP contribution in [0.2, 0.25) is 0 Å². The van der Waals surface area contributed by atoms with Gasteiger partial charge in [-0.1, -0.05) is 39.9 Å². The maximum absolute atomic E-state index is 12.2. The predicted molar refractivity (Wildman–Crippen MR) is 79.3 cm³/mol. The van der Waals surface area contributed by atoms with Gasteiger partial charge in [-0.15, -0.1) is 0 Å². The summed E-state index contributed by atoms with van der Waals surface area (Å²) in [7, 11) is 0. The summed E-state index contributed by atoms with van der Waals surface area (Å²) in [6.07, 6.45) is 3.90. The Hall–Kier alpha value is -0.640. The third-order valence-electron chi connectivity index (χ3n) is 4.38. The Morgan fingerprint density at radius 1 is 1.33 bits per heavy atom. The quantitative estimate of drug-likeness (QED) is 0.772. The van der Waals surface area contributed by atoms with Crippen molar-refractivity contribution >= 4 is 23.1 Å². The molecule has 0 bridgehead atoms. The smallest absolute Gasteiger partial charge is 0.223 e. The minimum atomic E-state index is -0.442. The second-order valence-corrected chi connectivity index (χ2v) is 6.59. The Bertz CT molecular complexity index is 320. The van der Waals surface area contributed by atoms with Gasteiger partial charge in [0.2, 0.25) is 5.91 Å². The molecule has 1 atom stereocenters. The van der Waals surface area contributed by atoms with E-state index in [2.05, 4.69) is 26.1 Å². The highest BCUT2D eigenvalue weighted by molar-refractivity contribution is 7.80. The molecule has 0 saturated heterocycles. The minimum Gasteiger partial charge on any atom is -0.391 e. The number of nitrogens with one attached hydrogen (secondary N) is 1. The first-order valence-electron chi connectivity index (χ1n) is 6.90. The molecule has 1 unspecified atom stereocenters. The van der Waals surface area contributed by atoms with E-state index in [9.17, 15) is 4.79 Å². The van der Waals surface area contributed by atoms with Crippen LogP contribution >= 0.6 is 12.2 Å². The monoisotopic (exact) mass is 270 g/mol. The number of carbonyl (C=O) groups excluding carboxylic acids is 1. The number of hydrogen-bond donors (Lipinski definition) is 2. The highest BCUT2D eigenvalue weighted by Crippen LogP contribution is 2.32. The zero-order valence-electron chi connectivity index (χ0n) is 12.0. The third kappa shape index (κ3) is 3.44. The third-order valence-corrected chi connectivity index (χ3v) is 4.77. The van der Waals surface area contributed by atoms with Crippen molar-refractivity contribution < 1.29 is 4.79 Å². The van der Waals surface area contributed by atoms with Gasteiger partial charge >= 0.3 is 0 Å². The Labute approximate surface area is 116 Å². The van der Waals surface area contributed by atoms with Gasteiger partial charge in [0, 0.05) is 5.92 Å². The molecule has 0 radical (unpaired) electrons. The largest absolute Gasteiger partial charge is 0.391 e. The lowest BCUT2D eigenvalue weighted by atomic mass is 9.76. The summed E-state index contributed by atoms with van der Waals surface area (Å²) in [5.74, 6) is 1.10. The van der Waals surface area contributed by atoms with E-state index in [1.165, 1.54) is 0 Å². The predicted octanol–water partition coefficient (Wildman–Crippen LogP) is 2.63. The van der Waals surface area contributed by atoms with Gasteiger partial charge in [0.05, 0.1) is 10.5 Å². The molecule has 1 rings (SSSR count). The van der Waals surface area contributed by atoms with Crippen molar-refractivity contribution in [2.24, 2.45) is 23.5 Å². The highest BCUT2D eigenvalue weighted by Gasteiger charge is 2.39. The van der Waals surface area contributed by atoms with Crippen LogP contribution in [0.5, 0.6) is 0 Å². The number of thiocarbonyl (C=S) groups is 1. The van der Waals surface area contributed by atoms with E-state index in [1.54, 1.807) is 0 Å². The van der Waals surface area contributed by atoms with E-state index in [-0.39, 0.29) is 11.8 Å². The van der Waals surface area contributed by atoms with Crippen molar-refractivity contribution in [3.05, 3.63) is 0 Å². The lowest BCUT2D eigenvalue weighted by Gasteiger charge is -2.40. The Morgan fingerprint density at radius 3 is 2.22 bits per heavy atom. The number of hydrogen-bond acceptors (Lipinski definition) is 2. The lowest BCUT2D eigenvalue weighted by Crippen LogP contribution is -2.59. The van der Waals surface area contributed by atoms with Crippen LogP contribution in [-0.4, -0.2) is 16.4 Å². The summed E-state index contributed by atoms with van der Waals surface area (Å²) >= 11 is 5.20. The van der Waals surface area contributed by atoms with Gasteiger partial charge in [0.1, 0.15) is 0 Å². The van der Waals surface area contributed by atoms with E-state index >= 15 is 0 Å². The van der Waals surface area contributed by atoms with E-state index in [1.807, 2.05) is 6.92 Å². The first-order valence-corrected chi connectivity index (χ1v) is 7.31. The molecule has 3 nitrogen and oxygen atoms in total. The fraction of sp³-hybridized carbons (Fsp3) is 0.857. The Morgan fingerprint density at radius 2 is 1.83 bits per heavy atom. The Balaban J connectivity index is 2.75. The molecule has 1 aliphatic rings. The zero-order valence-corrected chi connectivity index (χ0v) is 12.8. The van der Waals surface area contributed by atoms with Crippen LogP contribution < -0.4 is 11.1 Å². The average molecular weight is 270 g/mol. The molecule has 1 amide bonds. The molecule has 0 spiro atoms. The molecule has 4 heteroatoms. The molecule has 0 heterocycles. The van der Waals surface area contributed by atoms with Gasteiger partial charge in [0.15, 0.2) is 0 Å². The molecule has 0 aromatic carbocycles. The van der Waals surface area contributed by atoms with Crippen molar-refractivity contribution in [3.63, 3.8) is 0 Å². The number of amides is 1. The molecular formula is C14H26N2OS. The van der Waals surface area contributed by atoms with Crippen LogP contribution in [0.4, 0.5) is 0 Å². The van der Waals surface area contributed by atoms with Crippen molar-refractivity contribution in [3.8, 4) is 0 Å². The molecule has 0 aromatic heterocycles. The maximum atomic E-state index is 12.2. The summed E-state index contributed by atoms with van der Waals surface area (Å²) in [6, 6.07) is 0. The van der Waals surface area contributed by atoms with Crippen LogP contribution in [0.1, 0.15) is 53.4 Å². The summed E-state index contributed by atoms with van der Waals surface area (Å²) < 4.78 is 0. The molecule has 1 fully saturated rings. The van der Waals surface area contributed by atoms with Crippen LogP contribution in [0, 0.1) is 17.8 Å². The van der Waals surface area contributed by atoms with Crippen LogP contribution in [0.25, 0.3) is 0 Å². The van der Waals surface area contributed by atoms with Crippen LogP contribution in [-0.2, 0) is 4.79 Å². The van der Waals surface area contributed by atoms with Gasteiger partial charge in [-0.25, -0.2) is 0 Å². The van der Waals surface area contributed by atoms with Gasteiger partial charge in [-0.2, -0.15) is 0 Å². The second kappa shape index (κ2) is 6.00. The van der Waals surface area contributed by atoms with E-state index in [0.717, 1.165) is 25.7 Å². The van der Waals surface area contributed by atoms with Crippen LogP contribution in [0.15, 0.2) is 0 Å². The molecule has 0 aromatic rings. The topological polar surface area (TPSA) is 55.1 Å². The van der Waals surface area contributed by atoms with Crippen molar-refractivity contribution in [2.75, 3.05) is 0 Å². The van der Waals surface area contributed by atoms with Gasteiger partial charge in [0.25, 0.3) is 0 Å². The first kappa shape index (κ1) is 15.4. The molecule has 18 heavy (non-hydrogen) atoms. The SMILES string of the molecule is CC1CCC(NC(=O)C(C)C(C)C)(C(N)=S)CC1. The number of nitrogens with two attached hydrogens (primary N) is 1. The van der Waals surface area contributed by atoms with Gasteiger partial charge < -0.3 is 11.1 Å². The van der Waals surface area contributed by atoms with Crippen LogP contribution in [0.3, 0.4) is 0 Å².